The molecule has 84 valence electrons. The van der Waals surface area contributed by atoms with Gasteiger partial charge in [-0.05, 0) is 29.8 Å². The Kier molecular flexibility index (Phi) is 2.48. The van der Waals surface area contributed by atoms with Crippen molar-refractivity contribution in [3.63, 3.8) is 0 Å². The van der Waals surface area contributed by atoms with Crippen LogP contribution in [0.3, 0.4) is 0 Å². The summed E-state index contributed by atoms with van der Waals surface area (Å²) < 4.78 is 6.37. The fourth-order valence-corrected chi connectivity index (χ4v) is 2.43. The third-order valence-corrected chi connectivity index (χ3v) is 3.34. The van der Waals surface area contributed by atoms with Crippen LogP contribution in [0.1, 0.15) is 21.5 Å². The van der Waals surface area contributed by atoms with Crippen LogP contribution < -0.4 is 4.74 Å². The Hall–Kier alpha value is -1.61. The van der Waals surface area contributed by atoms with Crippen LogP contribution in [-0.4, -0.2) is 5.97 Å². The summed E-state index contributed by atoms with van der Waals surface area (Å²) in [6.07, 6.45) is 0.719. The van der Waals surface area contributed by atoms with Crippen LogP contribution in [0.5, 0.6) is 5.75 Å². The van der Waals surface area contributed by atoms with Crippen LogP contribution in [0.25, 0.3) is 0 Å². The van der Waals surface area contributed by atoms with Crippen molar-refractivity contribution in [2.75, 3.05) is 0 Å². The van der Waals surface area contributed by atoms with Crippen LogP contribution in [0.2, 0.25) is 0 Å². The van der Waals surface area contributed by atoms with Crippen molar-refractivity contribution in [1.82, 2.24) is 0 Å². The minimum absolute atomic E-state index is 0.276. The molecule has 0 aromatic heterocycles. The van der Waals surface area contributed by atoms with Crippen molar-refractivity contribution in [3.8, 4) is 5.75 Å². The Morgan fingerprint density at radius 3 is 2.76 bits per heavy atom. The molecule has 0 radical (unpaired) electrons. The molecule has 2 aromatic rings. The molecule has 1 aliphatic rings. The molecule has 0 fully saturated rings. The van der Waals surface area contributed by atoms with E-state index in [1.54, 1.807) is 6.07 Å². The molecular formula is C14H9BrO2. The van der Waals surface area contributed by atoms with E-state index in [9.17, 15) is 4.79 Å². The molecule has 0 bridgehead atoms. The minimum atomic E-state index is -0.276. The lowest BCUT2D eigenvalue weighted by Gasteiger charge is -2.05. The molecule has 0 saturated heterocycles. The molecule has 0 amide bonds. The van der Waals surface area contributed by atoms with Crippen LogP contribution >= 0.6 is 15.9 Å². The first-order valence-electron chi connectivity index (χ1n) is 5.32. The van der Waals surface area contributed by atoms with Gasteiger partial charge >= 0.3 is 5.97 Å². The zero-order chi connectivity index (χ0) is 11.8. The first kappa shape index (κ1) is 10.5. The molecule has 17 heavy (non-hydrogen) atoms. The number of hydrogen-bond donors (Lipinski definition) is 0. The number of benzene rings is 2. The molecule has 3 rings (SSSR count). The lowest BCUT2D eigenvalue weighted by molar-refractivity contribution is 0.0736. The predicted molar refractivity (Wildman–Crippen MR) is 68.3 cm³/mol. The van der Waals surface area contributed by atoms with Gasteiger partial charge in [0, 0.05) is 16.5 Å². The normalized spacial score (nSPS) is 13.4. The van der Waals surface area contributed by atoms with E-state index in [0.29, 0.717) is 11.3 Å². The molecule has 0 unspecified atom stereocenters. The van der Waals surface area contributed by atoms with E-state index in [1.807, 2.05) is 36.4 Å². The Balaban J connectivity index is 2.18. The lowest BCUT2D eigenvalue weighted by atomic mass is 10.0. The molecule has 1 aliphatic heterocycles. The van der Waals surface area contributed by atoms with Crippen molar-refractivity contribution in [1.29, 1.82) is 0 Å². The van der Waals surface area contributed by atoms with Gasteiger partial charge in [-0.15, -0.1) is 0 Å². The highest BCUT2D eigenvalue weighted by atomic mass is 79.9. The first-order chi connectivity index (χ1) is 8.24. The highest BCUT2D eigenvalue weighted by Gasteiger charge is 2.20. The Bertz CT molecular complexity index is 605. The average molecular weight is 289 g/mol. The molecule has 3 heteroatoms. The van der Waals surface area contributed by atoms with E-state index in [1.165, 1.54) is 0 Å². The van der Waals surface area contributed by atoms with Crippen molar-refractivity contribution < 1.29 is 9.53 Å². The van der Waals surface area contributed by atoms with Gasteiger partial charge in [-0.25, -0.2) is 4.79 Å². The number of carbonyl (C=O) groups is 1. The van der Waals surface area contributed by atoms with Gasteiger partial charge in [0.25, 0.3) is 0 Å². The molecular weight excluding hydrogens is 280 g/mol. The van der Waals surface area contributed by atoms with Gasteiger partial charge in [0.1, 0.15) is 5.75 Å². The average Bonchev–Trinajstić information content (AvgIpc) is 2.46. The fraction of sp³-hybridized carbons (Fsp3) is 0.0714. The number of rotatable bonds is 0. The lowest BCUT2D eigenvalue weighted by Crippen LogP contribution is -2.08. The summed E-state index contributed by atoms with van der Waals surface area (Å²) in [6.45, 7) is 0. The van der Waals surface area contributed by atoms with Crippen LogP contribution in [0.4, 0.5) is 0 Å². The van der Waals surface area contributed by atoms with E-state index < -0.39 is 0 Å². The van der Waals surface area contributed by atoms with Crippen molar-refractivity contribution in [3.05, 3.63) is 63.6 Å². The maximum Gasteiger partial charge on any atom is 0.343 e. The van der Waals surface area contributed by atoms with E-state index >= 15 is 0 Å². The standard InChI is InChI=1S/C14H9BrO2/c15-11-5-6-13-10(8-11)7-9-3-1-2-4-12(9)14(16)17-13/h1-6,8H,7H2. The highest BCUT2D eigenvalue weighted by Crippen LogP contribution is 2.30. The Labute approximate surface area is 107 Å². The zero-order valence-corrected chi connectivity index (χ0v) is 10.5. The number of carbonyl (C=O) groups excluding carboxylic acids is 1. The summed E-state index contributed by atoms with van der Waals surface area (Å²) in [4.78, 5) is 11.9. The van der Waals surface area contributed by atoms with Gasteiger partial charge in [-0.3, -0.25) is 0 Å². The molecule has 0 N–H and O–H groups in total. The first-order valence-corrected chi connectivity index (χ1v) is 6.12. The molecule has 0 atom stereocenters. The summed E-state index contributed by atoms with van der Waals surface area (Å²) in [5.41, 5.74) is 2.69. The predicted octanol–water partition coefficient (Wildman–Crippen LogP) is 3.57. The van der Waals surface area contributed by atoms with Crippen molar-refractivity contribution in [2.45, 2.75) is 6.42 Å². The number of halogens is 1. The number of esters is 1. The SMILES string of the molecule is O=C1Oc2ccc(Br)cc2Cc2ccccc21. The van der Waals surface area contributed by atoms with Gasteiger partial charge in [0.15, 0.2) is 0 Å². The van der Waals surface area contributed by atoms with Gasteiger partial charge in [-0.2, -0.15) is 0 Å². The number of hydrogen-bond acceptors (Lipinski definition) is 2. The molecule has 0 spiro atoms. The molecule has 0 saturated carbocycles. The van der Waals surface area contributed by atoms with Gasteiger partial charge < -0.3 is 4.74 Å². The maximum atomic E-state index is 11.9. The fourth-order valence-electron chi connectivity index (χ4n) is 2.02. The topological polar surface area (TPSA) is 26.3 Å². The second kappa shape index (κ2) is 4.00. The van der Waals surface area contributed by atoms with Gasteiger partial charge in [0.2, 0.25) is 0 Å². The summed E-state index contributed by atoms with van der Waals surface area (Å²) in [5, 5.41) is 0. The third-order valence-electron chi connectivity index (χ3n) is 2.84. The second-order valence-corrected chi connectivity index (χ2v) is 4.89. The molecule has 2 nitrogen and oxygen atoms in total. The van der Waals surface area contributed by atoms with E-state index in [4.69, 9.17) is 4.74 Å². The van der Waals surface area contributed by atoms with Gasteiger partial charge in [0.05, 0.1) is 5.56 Å². The van der Waals surface area contributed by atoms with Crippen molar-refractivity contribution >= 4 is 21.9 Å². The molecule has 2 aromatic carbocycles. The third kappa shape index (κ3) is 1.87. The summed E-state index contributed by atoms with van der Waals surface area (Å²) >= 11 is 3.43. The Morgan fingerprint density at radius 2 is 1.88 bits per heavy atom. The summed E-state index contributed by atoms with van der Waals surface area (Å²) in [5.74, 6) is 0.371. The monoisotopic (exact) mass is 288 g/mol. The summed E-state index contributed by atoms with van der Waals surface area (Å²) in [7, 11) is 0. The number of fused-ring (bicyclic) bond motifs is 2. The van der Waals surface area contributed by atoms with Gasteiger partial charge in [-0.1, -0.05) is 34.1 Å². The van der Waals surface area contributed by atoms with Crippen LogP contribution in [-0.2, 0) is 6.42 Å². The second-order valence-electron chi connectivity index (χ2n) is 3.98. The largest absolute Gasteiger partial charge is 0.423 e. The molecule has 1 heterocycles. The van der Waals surface area contributed by atoms with E-state index in [-0.39, 0.29) is 5.97 Å². The van der Waals surface area contributed by atoms with Crippen molar-refractivity contribution in [2.24, 2.45) is 0 Å². The highest BCUT2D eigenvalue weighted by molar-refractivity contribution is 9.10. The van der Waals surface area contributed by atoms with E-state index in [0.717, 1.165) is 22.0 Å². The quantitative estimate of drug-likeness (QED) is 0.547. The number of ether oxygens (including phenoxy) is 1. The van der Waals surface area contributed by atoms with Crippen LogP contribution in [0.15, 0.2) is 46.9 Å². The minimum Gasteiger partial charge on any atom is -0.423 e. The zero-order valence-electron chi connectivity index (χ0n) is 8.94. The maximum absolute atomic E-state index is 11.9. The smallest absolute Gasteiger partial charge is 0.343 e. The molecule has 0 aliphatic carbocycles. The summed E-state index contributed by atoms with van der Waals surface area (Å²) in [6, 6.07) is 13.3. The van der Waals surface area contributed by atoms with E-state index in [2.05, 4.69) is 15.9 Å². The Morgan fingerprint density at radius 1 is 1.06 bits per heavy atom. The van der Waals surface area contributed by atoms with Crippen LogP contribution in [0, 0.1) is 0 Å².